The molecule has 7 heteroatoms. The summed E-state index contributed by atoms with van der Waals surface area (Å²) in [5.41, 5.74) is 6.73. The van der Waals surface area contributed by atoms with Gasteiger partial charge in [-0.25, -0.2) is 9.18 Å². The van der Waals surface area contributed by atoms with Crippen molar-refractivity contribution in [3.05, 3.63) is 10.4 Å². The van der Waals surface area contributed by atoms with E-state index in [1.54, 1.807) is 20.8 Å². The highest BCUT2D eigenvalue weighted by Gasteiger charge is 2.55. The Balaban J connectivity index is 3.17. The zero-order chi connectivity index (χ0) is 13.3. The highest BCUT2D eigenvalue weighted by Crippen LogP contribution is 2.44. The number of carboxylic acid groups (broad SMARTS) is 1. The minimum atomic E-state index is -1.17. The molecule has 1 heterocycles. The van der Waals surface area contributed by atoms with E-state index in [9.17, 15) is 9.18 Å². The summed E-state index contributed by atoms with van der Waals surface area (Å²) in [5, 5.41) is 12.7. The highest BCUT2D eigenvalue weighted by molar-refractivity contribution is 5.67. The molecule has 1 saturated heterocycles. The van der Waals surface area contributed by atoms with Crippen molar-refractivity contribution in [1.29, 1.82) is 0 Å². The van der Waals surface area contributed by atoms with Gasteiger partial charge in [0.1, 0.15) is 6.67 Å². The Hall–Kier alpha value is -1.49. The Kier molecular flexibility index (Phi) is 3.52. The summed E-state index contributed by atoms with van der Waals surface area (Å²) in [6.45, 7) is 4.66. The first kappa shape index (κ1) is 13.6. The van der Waals surface area contributed by atoms with Gasteiger partial charge in [0.15, 0.2) is 0 Å². The van der Waals surface area contributed by atoms with Crippen LogP contribution in [-0.4, -0.2) is 40.9 Å². The van der Waals surface area contributed by atoms with Crippen LogP contribution in [0.3, 0.4) is 0 Å². The number of hydrogen-bond acceptors (Lipinski definition) is 2. The van der Waals surface area contributed by atoms with Crippen LogP contribution in [0.2, 0.25) is 0 Å². The summed E-state index contributed by atoms with van der Waals surface area (Å²) in [6.07, 6.45) is -0.947. The quantitative estimate of drug-likeness (QED) is 0.459. The van der Waals surface area contributed by atoms with E-state index < -0.39 is 29.8 Å². The molecule has 1 aliphatic heterocycles. The molecule has 0 unspecified atom stereocenters. The van der Waals surface area contributed by atoms with Gasteiger partial charge in [-0.15, -0.1) is 0 Å². The Bertz CT molecular complexity index is 362. The van der Waals surface area contributed by atoms with Gasteiger partial charge in [0.25, 0.3) is 0 Å². The van der Waals surface area contributed by atoms with Crippen LogP contribution in [0.5, 0.6) is 0 Å². The van der Waals surface area contributed by atoms with E-state index in [1.165, 1.54) is 0 Å². The second kappa shape index (κ2) is 4.41. The first-order chi connectivity index (χ1) is 7.78. The molecule has 0 aliphatic carbocycles. The predicted molar refractivity (Wildman–Crippen MR) is 60.4 cm³/mol. The SMILES string of the molecule is CC(C)(C)[C@]1(CF)C[C@H](N=[N+]=[N-])CN1C(=O)O. The maximum absolute atomic E-state index is 13.4. The summed E-state index contributed by atoms with van der Waals surface area (Å²) >= 11 is 0. The average Bonchev–Trinajstić information content (AvgIpc) is 2.58. The Morgan fingerprint density at radius 2 is 2.29 bits per heavy atom. The Morgan fingerprint density at radius 1 is 1.71 bits per heavy atom. The molecule has 1 aliphatic rings. The molecule has 0 spiro atoms. The second-order valence-corrected chi connectivity index (χ2v) is 5.37. The molecule has 1 N–H and O–H groups in total. The number of azide groups is 1. The van der Waals surface area contributed by atoms with Gasteiger partial charge in [0.05, 0.1) is 11.6 Å². The molecule has 1 amide bonds. The van der Waals surface area contributed by atoms with Gasteiger partial charge in [0.2, 0.25) is 0 Å². The van der Waals surface area contributed by atoms with Crippen molar-refractivity contribution in [2.45, 2.75) is 38.8 Å². The number of amides is 1. The van der Waals surface area contributed by atoms with Crippen LogP contribution in [0.4, 0.5) is 9.18 Å². The molecule has 0 aromatic rings. The van der Waals surface area contributed by atoms with Crippen molar-refractivity contribution >= 4 is 6.09 Å². The lowest BCUT2D eigenvalue weighted by atomic mass is 9.72. The number of carbonyl (C=O) groups is 1. The van der Waals surface area contributed by atoms with E-state index in [2.05, 4.69) is 10.0 Å². The van der Waals surface area contributed by atoms with Crippen molar-refractivity contribution in [3.63, 3.8) is 0 Å². The van der Waals surface area contributed by atoms with Gasteiger partial charge in [-0.3, -0.25) is 4.90 Å². The Labute approximate surface area is 99.0 Å². The molecule has 0 bridgehead atoms. The number of hydrogen-bond donors (Lipinski definition) is 1. The number of nitrogens with zero attached hydrogens (tertiary/aromatic N) is 4. The maximum Gasteiger partial charge on any atom is 0.407 e. The molecule has 17 heavy (non-hydrogen) atoms. The minimum Gasteiger partial charge on any atom is -0.465 e. The second-order valence-electron chi connectivity index (χ2n) is 5.37. The summed E-state index contributed by atoms with van der Waals surface area (Å²) in [7, 11) is 0. The van der Waals surface area contributed by atoms with Crippen molar-refractivity contribution in [1.82, 2.24) is 4.90 Å². The molecule has 1 fully saturated rings. The molecule has 0 aromatic carbocycles. The fraction of sp³-hybridized carbons (Fsp3) is 0.900. The summed E-state index contributed by atoms with van der Waals surface area (Å²) in [5.74, 6) is 0. The molecule has 2 atom stereocenters. The smallest absolute Gasteiger partial charge is 0.407 e. The van der Waals surface area contributed by atoms with Crippen LogP contribution in [0.25, 0.3) is 10.4 Å². The van der Waals surface area contributed by atoms with Crippen LogP contribution >= 0.6 is 0 Å². The van der Waals surface area contributed by atoms with E-state index in [1.807, 2.05) is 0 Å². The van der Waals surface area contributed by atoms with Crippen LogP contribution < -0.4 is 0 Å². The van der Waals surface area contributed by atoms with Crippen LogP contribution in [0.1, 0.15) is 27.2 Å². The maximum atomic E-state index is 13.4. The van der Waals surface area contributed by atoms with E-state index in [0.29, 0.717) is 0 Å². The first-order valence-corrected chi connectivity index (χ1v) is 5.39. The van der Waals surface area contributed by atoms with E-state index in [0.717, 1.165) is 4.90 Å². The van der Waals surface area contributed by atoms with E-state index in [-0.39, 0.29) is 13.0 Å². The normalized spacial score (nSPS) is 28.9. The molecule has 0 aromatic heterocycles. The van der Waals surface area contributed by atoms with E-state index in [4.69, 9.17) is 10.6 Å². The standard InChI is InChI=1S/C10H17FN4O2/c1-9(2,3)10(6-11)4-7(13-14-12)5-15(10)8(16)17/h7H,4-6H2,1-3H3,(H,16,17)/t7-,10+/m0/s1. The lowest BCUT2D eigenvalue weighted by Gasteiger charge is -2.45. The number of likely N-dealkylation sites (tertiary alicyclic amines) is 1. The minimum absolute atomic E-state index is 0.0561. The van der Waals surface area contributed by atoms with Crippen LogP contribution in [-0.2, 0) is 0 Å². The van der Waals surface area contributed by atoms with Gasteiger partial charge in [-0.2, -0.15) is 0 Å². The summed E-state index contributed by atoms with van der Waals surface area (Å²) in [6, 6.07) is -0.494. The molecule has 0 radical (unpaired) electrons. The predicted octanol–water partition coefficient (Wildman–Crippen LogP) is 2.80. The molecule has 96 valence electrons. The number of halogens is 1. The topological polar surface area (TPSA) is 89.3 Å². The molecule has 6 nitrogen and oxygen atoms in total. The Morgan fingerprint density at radius 3 is 2.59 bits per heavy atom. The third-order valence-electron chi connectivity index (χ3n) is 3.55. The van der Waals surface area contributed by atoms with Gasteiger partial charge >= 0.3 is 6.09 Å². The van der Waals surface area contributed by atoms with Crippen molar-refractivity contribution in [2.75, 3.05) is 13.2 Å². The lowest BCUT2D eigenvalue weighted by Crippen LogP contribution is -2.56. The molecular formula is C10H17FN4O2. The third-order valence-corrected chi connectivity index (χ3v) is 3.55. The van der Waals surface area contributed by atoms with Crippen LogP contribution in [0, 0.1) is 5.41 Å². The van der Waals surface area contributed by atoms with Crippen LogP contribution in [0.15, 0.2) is 5.11 Å². The van der Waals surface area contributed by atoms with E-state index >= 15 is 0 Å². The zero-order valence-corrected chi connectivity index (χ0v) is 10.2. The molecule has 0 saturated carbocycles. The summed E-state index contributed by atoms with van der Waals surface area (Å²) < 4.78 is 13.4. The summed E-state index contributed by atoms with van der Waals surface area (Å²) in [4.78, 5) is 14.9. The van der Waals surface area contributed by atoms with Gasteiger partial charge < -0.3 is 5.11 Å². The fourth-order valence-electron chi connectivity index (χ4n) is 2.40. The number of rotatable bonds is 2. The fourth-order valence-corrected chi connectivity index (χ4v) is 2.40. The van der Waals surface area contributed by atoms with Gasteiger partial charge in [-0.1, -0.05) is 25.9 Å². The molecule has 1 rings (SSSR count). The van der Waals surface area contributed by atoms with Crippen molar-refractivity contribution in [2.24, 2.45) is 10.5 Å². The monoisotopic (exact) mass is 244 g/mol. The largest absolute Gasteiger partial charge is 0.465 e. The van der Waals surface area contributed by atoms with Crippen molar-refractivity contribution in [3.8, 4) is 0 Å². The van der Waals surface area contributed by atoms with Gasteiger partial charge in [-0.05, 0) is 17.4 Å². The average molecular weight is 244 g/mol. The molecular weight excluding hydrogens is 227 g/mol. The van der Waals surface area contributed by atoms with Gasteiger partial charge in [0, 0.05) is 11.5 Å². The van der Waals surface area contributed by atoms with Crippen molar-refractivity contribution < 1.29 is 14.3 Å². The number of alkyl halides is 1. The third kappa shape index (κ3) is 2.15. The highest BCUT2D eigenvalue weighted by atomic mass is 19.1. The first-order valence-electron chi connectivity index (χ1n) is 5.39. The zero-order valence-electron chi connectivity index (χ0n) is 10.2. The lowest BCUT2D eigenvalue weighted by molar-refractivity contribution is 0.0124.